The molecule has 2 aliphatic rings. The molecule has 5 amide bonds. The van der Waals surface area contributed by atoms with Crippen LogP contribution < -0.4 is 21.3 Å². The van der Waals surface area contributed by atoms with Crippen LogP contribution in [0, 0.1) is 11.8 Å². The second-order valence-electron chi connectivity index (χ2n) is 14.8. The normalized spacial score (nSPS) is 18.6. The van der Waals surface area contributed by atoms with Gasteiger partial charge in [0, 0.05) is 13.0 Å². The Morgan fingerprint density at radius 2 is 1.54 bits per heavy atom. The van der Waals surface area contributed by atoms with Crippen LogP contribution in [0.3, 0.4) is 0 Å². The van der Waals surface area contributed by atoms with Gasteiger partial charge in [0.1, 0.15) is 12.1 Å². The molecule has 1 aliphatic carbocycles. The Labute approximate surface area is 327 Å². The van der Waals surface area contributed by atoms with Gasteiger partial charge in [0.15, 0.2) is 6.04 Å². The molecule has 2 fully saturated rings. The number of carbonyl (C=O) groups is 7. The standard InChI is InChI=1S/C41H55N5O10/c1-4-14-31(36(48)38(50)42-22-33(47)44-35(40(52)53)29-19-12-7-13-20-29)43-37(49)32-21-30(55-25-27-15-8-5-9-16-27)23-46(32)39(51)34(28-17-10-6-11-18-28)45-41(54)56-24-26(2)3/h5,7-9,12-13,15-16,19-20,26,28,30-32,34-35H,4,6,10-11,14,17-18,21-25H2,1-3H3,(H,42,50)(H,43,49)(H,44,47)(H,45,54)(H,52,53). The fraction of sp³-hybridized carbons (Fsp3) is 0.537. The monoisotopic (exact) mass is 777 g/mol. The number of amides is 5. The number of hydrogen-bond donors (Lipinski definition) is 5. The van der Waals surface area contributed by atoms with E-state index in [1.807, 2.05) is 44.2 Å². The van der Waals surface area contributed by atoms with Crippen LogP contribution in [-0.4, -0.2) is 95.4 Å². The third-order valence-electron chi connectivity index (χ3n) is 9.91. The highest BCUT2D eigenvalue weighted by Gasteiger charge is 2.45. The van der Waals surface area contributed by atoms with E-state index >= 15 is 0 Å². The van der Waals surface area contributed by atoms with E-state index in [-0.39, 0.29) is 44.4 Å². The van der Waals surface area contributed by atoms with Crippen molar-refractivity contribution in [2.75, 3.05) is 19.7 Å². The van der Waals surface area contributed by atoms with Gasteiger partial charge in [-0.2, -0.15) is 0 Å². The average molecular weight is 778 g/mol. The number of carboxylic acids is 1. The summed E-state index contributed by atoms with van der Waals surface area (Å²) in [5.74, 6) is -5.51. The molecule has 5 unspecified atom stereocenters. The second-order valence-corrected chi connectivity index (χ2v) is 14.8. The van der Waals surface area contributed by atoms with Gasteiger partial charge in [0.05, 0.1) is 31.9 Å². The lowest BCUT2D eigenvalue weighted by Gasteiger charge is -2.34. The zero-order chi connectivity index (χ0) is 40.6. The van der Waals surface area contributed by atoms with E-state index in [1.165, 1.54) is 17.0 Å². The van der Waals surface area contributed by atoms with Crippen LogP contribution in [-0.2, 0) is 44.8 Å². The summed E-state index contributed by atoms with van der Waals surface area (Å²) in [4.78, 5) is 93.8. The number of aliphatic carboxylic acids is 1. The number of nitrogens with one attached hydrogen (secondary N) is 4. The fourth-order valence-corrected chi connectivity index (χ4v) is 7.01. The van der Waals surface area contributed by atoms with Crippen molar-refractivity contribution in [1.29, 1.82) is 0 Å². The van der Waals surface area contributed by atoms with Crippen molar-refractivity contribution in [3.63, 3.8) is 0 Å². The molecule has 5 atom stereocenters. The minimum Gasteiger partial charge on any atom is -0.479 e. The number of Topliss-reactive ketones (excluding diaryl/α,β-unsaturated/α-hetero) is 1. The van der Waals surface area contributed by atoms with Crippen LogP contribution in [0.1, 0.15) is 89.3 Å². The van der Waals surface area contributed by atoms with Crippen molar-refractivity contribution < 1.29 is 48.1 Å². The molecule has 15 nitrogen and oxygen atoms in total. The number of hydrogen-bond acceptors (Lipinski definition) is 9. The predicted octanol–water partition coefficient (Wildman–Crippen LogP) is 3.42. The highest BCUT2D eigenvalue weighted by molar-refractivity contribution is 6.38. The molecule has 4 rings (SSSR count). The minimum absolute atomic E-state index is 0.0536. The van der Waals surface area contributed by atoms with Gasteiger partial charge in [-0.05, 0) is 42.2 Å². The highest BCUT2D eigenvalue weighted by atomic mass is 16.5. The lowest BCUT2D eigenvalue weighted by atomic mass is 9.83. The summed E-state index contributed by atoms with van der Waals surface area (Å²) in [5, 5.41) is 19.7. The first-order valence-electron chi connectivity index (χ1n) is 19.5. The first-order chi connectivity index (χ1) is 26.9. The van der Waals surface area contributed by atoms with Crippen LogP contribution >= 0.6 is 0 Å². The van der Waals surface area contributed by atoms with Gasteiger partial charge in [0.25, 0.3) is 5.91 Å². The summed E-state index contributed by atoms with van der Waals surface area (Å²) >= 11 is 0. The molecule has 304 valence electrons. The van der Waals surface area contributed by atoms with Gasteiger partial charge >= 0.3 is 12.1 Å². The van der Waals surface area contributed by atoms with E-state index in [2.05, 4.69) is 21.3 Å². The van der Waals surface area contributed by atoms with E-state index < -0.39 is 78.3 Å². The number of carbonyl (C=O) groups excluding carboxylic acids is 6. The Bertz CT molecular complexity index is 1650. The molecule has 0 spiro atoms. The van der Waals surface area contributed by atoms with Gasteiger partial charge < -0.3 is 40.7 Å². The smallest absolute Gasteiger partial charge is 0.407 e. The Morgan fingerprint density at radius 1 is 0.875 bits per heavy atom. The summed E-state index contributed by atoms with van der Waals surface area (Å²) in [6.45, 7) is 5.35. The first kappa shape index (κ1) is 43.4. The van der Waals surface area contributed by atoms with E-state index in [0.717, 1.165) is 24.8 Å². The summed E-state index contributed by atoms with van der Waals surface area (Å²) in [6.07, 6.45) is 3.54. The minimum atomic E-state index is -1.38. The predicted molar refractivity (Wildman–Crippen MR) is 205 cm³/mol. The molecule has 1 aliphatic heterocycles. The molecule has 0 radical (unpaired) electrons. The van der Waals surface area contributed by atoms with Gasteiger partial charge in [0.2, 0.25) is 23.5 Å². The number of nitrogens with zero attached hydrogens (tertiary/aromatic N) is 1. The topological polar surface area (TPSA) is 210 Å². The van der Waals surface area contributed by atoms with E-state index in [4.69, 9.17) is 9.47 Å². The second kappa shape index (κ2) is 21.7. The zero-order valence-corrected chi connectivity index (χ0v) is 32.4. The largest absolute Gasteiger partial charge is 0.479 e. The Kier molecular flexibility index (Phi) is 16.8. The maximum atomic E-state index is 14.5. The molecule has 1 saturated carbocycles. The molecule has 56 heavy (non-hydrogen) atoms. The van der Waals surface area contributed by atoms with Crippen molar-refractivity contribution in [3.8, 4) is 0 Å². The number of rotatable bonds is 19. The van der Waals surface area contributed by atoms with Crippen molar-refractivity contribution in [3.05, 3.63) is 71.8 Å². The molecule has 0 aromatic heterocycles. The van der Waals surface area contributed by atoms with E-state index in [1.54, 1.807) is 25.1 Å². The van der Waals surface area contributed by atoms with Gasteiger partial charge in [-0.25, -0.2) is 9.59 Å². The van der Waals surface area contributed by atoms with E-state index in [0.29, 0.717) is 24.8 Å². The molecule has 2 aromatic rings. The maximum absolute atomic E-state index is 14.5. The molecular weight excluding hydrogens is 722 g/mol. The Hall–Kier alpha value is -5.31. The Morgan fingerprint density at radius 3 is 2.16 bits per heavy atom. The van der Waals surface area contributed by atoms with Crippen LogP contribution in [0.25, 0.3) is 0 Å². The third kappa shape index (κ3) is 12.9. The SMILES string of the molecule is CCCC(NC(=O)C1CC(OCc2ccccc2)CN1C(=O)C(NC(=O)OCC(C)C)C1CCCCC1)C(=O)C(=O)NCC(=O)NC(C(=O)O)c1ccccc1. The van der Waals surface area contributed by atoms with Crippen LogP contribution in [0.5, 0.6) is 0 Å². The highest BCUT2D eigenvalue weighted by Crippen LogP contribution is 2.30. The molecule has 1 saturated heterocycles. The van der Waals surface area contributed by atoms with Gasteiger partial charge in [-0.1, -0.05) is 107 Å². The van der Waals surface area contributed by atoms with Crippen molar-refractivity contribution in [1.82, 2.24) is 26.2 Å². The molecule has 2 aromatic carbocycles. The molecule has 1 heterocycles. The van der Waals surface area contributed by atoms with Crippen LogP contribution in [0.15, 0.2) is 60.7 Å². The fourth-order valence-electron chi connectivity index (χ4n) is 7.01. The van der Waals surface area contributed by atoms with Gasteiger partial charge in [-0.3, -0.25) is 24.0 Å². The Balaban J connectivity index is 1.48. The molecular formula is C41H55N5O10. The number of carboxylic acid groups (broad SMARTS) is 1. The average Bonchev–Trinajstić information content (AvgIpc) is 3.64. The van der Waals surface area contributed by atoms with Gasteiger partial charge in [-0.15, -0.1) is 0 Å². The van der Waals surface area contributed by atoms with E-state index in [9.17, 15) is 38.7 Å². The number of benzene rings is 2. The maximum Gasteiger partial charge on any atom is 0.407 e. The molecule has 5 N–H and O–H groups in total. The number of likely N-dealkylation sites (tertiary alicyclic amines) is 1. The number of alkyl carbamates (subject to hydrolysis) is 1. The number of ketones is 1. The third-order valence-corrected chi connectivity index (χ3v) is 9.91. The summed E-state index contributed by atoms with van der Waals surface area (Å²) < 4.78 is 11.6. The lowest BCUT2D eigenvalue weighted by molar-refractivity contribution is -0.144. The summed E-state index contributed by atoms with van der Waals surface area (Å²) in [5.41, 5.74) is 1.22. The first-order valence-corrected chi connectivity index (χ1v) is 19.5. The van der Waals surface area contributed by atoms with Crippen LogP contribution in [0.4, 0.5) is 4.79 Å². The van der Waals surface area contributed by atoms with Crippen LogP contribution in [0.2, 0.25) is 0 Å². The quantitative estimate of drug-likeness (QED) is 0.131. The summed E-state index contributed by atoms with van der Waals surface area (Å²) in [6, 6.07) is 12.7. The molecule has 15 heteroatoms. The van der Waals surface area contributed by atoms with Crippen molar-refractivity contribution in [2.24, 2.45) is 11.8 Å². The van der Waals surface area contributed by atoms with Crippen molar-refractivity contribution >= 4 is 41.5 Å². The van der Waals surface area contributed by atoms with Crippen molar-refractivity contribution in [2.45, 2.75) is 109 Å². The number of ether oxygens (including phenoxy) is 2. The lowest BCUT2D eigenvalue weighted by Crippen LogP contribution is -2.58. The summed E-state index contributed by atoms with van der Waals surface area (Å²) in [7, 11) is 0. The molecule has 0 bridgehead atoms. The zero-order valence-electron chi connectivity index (χ0n) is 32.4.